The fourth-order valence-electron chi connectivity index (χ4n) is 5.91. The lowest BCUT2D eigenvalue weighted by molar-refractivity contribution is 0.667. The molecule has 0 radical (unpaired) electrons. The van der Waals surface area contributed by atoms with Crippen molar-refractivity contribution < 1.29 is 0 Å². The fraction of sp³-hybridized carbons (Fsp3) is 0.0968. The third-order valence-corrected chi connectivity index (χ3v) is 7.34. The first-order valence-electron chi connectivity index (χ1n) is 11.3. The van der Waals surface area contributed by atoms with Gasteiger partial charge in [-0.2, -0.15) is 0 Å². The Morgan fingerprint density at radius 1 is 0.562 bits per heavy atom. The minimum atomic E-state index is -0.0578. The van der Waals surface area contributed by atoms with Gasteiger partial charge in [-0.05, 0) is 63.4 Å². The molecule has 1 heterocycles. The van der Waals surface area contributed by atoms with Crippen molar-refractivity contribution in [2.45, 2.75) is 19.3 Å². The van der Waals surface area contributed by atoms with Crippen LogP contribution in [0.4, 0.5) is 0 Å². The van der Waals surface area contributed by atoms with Crippen LogP contribution in [0.2, 0.25) is 0 Å². The van der Waals surface area contributed by atoms with Gasteiger partial charge in [-0.3, -0.25) is 0 Å². The molecule has 5 aromatic carbocycles. The Bertz CT molecular complexity index is 1680. The number of nitrogens with zero attached hydrogens (tertiary/aromatic N) is 1. The maximum atomic E-state index is 2.45. The average molecular weight is 410 g/mol. The molecule has 1 nitrogen and oxygen atoms in total. The highest BCUT2D eigenvalue weighted by atomic mass is 15.0. The van der Waals surface area contributed by atoms with Crippen LogP contribution in [0.15, 0.2) is 103 Å². The van der Waals surface area contributed by atoms with Crippen LogP contribution in [-0.4, -0.2) is 4.57 Å². The molecule has 0 fully saturated rings. The monoisotopic (exact) mass is 409 g/mol. The SMILES string of the molecule is CC1(C)c2cc3c(cc2-c2ccc4ccccc4c21)c1ccccc1n3-c1ccccc1. The van der Waals surface area contributed by atoms with Gasteiger partial charge in [0, 0.05) is 21.9 Å². The second kappa shape index (κ2) is 6.11. The largest absolute Gasteiger partial charge is 0.309 e. The van der Waals surface area contributed by atoms with Gasteiger partial charge in [-0.25, -0.2) is 0 Å². The van der Waals surface area contributed by atoms with E-state index in [1.54, 1.807) is 0 Å². The molecule has 1 aliphatic rings. The molecule has 0 spiro atoms. The smallest absolute Gasteiger partial charge is 0.0544 e. The zero-order valence-corrected chi connectivity index (χ0v) is 18.3. The molecule has 7 rings (SSSR count). The first-order valence-corrected chi connectivity index (χ1v) is 11.3. The first kappa shape index (κ1) is 17.8. The third kappa shape index (κ3) is 2.18. The molecular formula is C31H23N. The quantitative estimate of drug-likeness (QED) is 0.258. The number of aromatic nitrogens is 1. The van der Waals surface area contributed by atoms with Gasteiger partial charge in [0.15, 0.2) is 0 Å². The van der Waals surface area contributed by atoms with Crippen LogP contribution >= 0.6 is 0 Å². The van der Waals surface area contributed by atoms with Gasteiger partial charge in [0.2, 0.25) is 0 Å². The maximum absolute atomic E-state index is 2.45. The van der Waals surface area contributed by atoms with Gasteiger partial charge < -0.3 is 4.57 Å². The van der Waals surface area contributed by atoms with Crippen molar-refractivity contribution in [3.8, 4) is 16.8 Å². The number of fused-ring (bicyclic) bond motifs is 8. The fourth-order valence-corrected chi connectivity index (χ4v) is 5.91. The number of hydrogen-bond acceptors (Lipinski definition) is 0. The molecule has 32 heavy (non-hydrogen) atoms. The van der Waals surface area contributed by atoms with Gasteiger partial charge in [0.05, 0.1) is 11.0 Å². The average Bonchev–Trinajstić information content (AvgIpc) is 3.27. The normalized spacial score (nSPS) is 14.2. The minimum Gasteiger partial charge on any atom is -0.309 e. The van der Waals surface area contributed by atoms with Crippen molar-refractivity contribution in [2.75, 3.05) is 0 Å². The Labute approximate surface area is 187 Å². The van der Waals surface area contributed by atoms with Crippen LogP contribution < -0.4 is 0 Å². The van der Waals surface area contributed by atoms with Gasteiger partial charge >= 0.3 is 0 Å². The Morgan fingerprint density at radius 3 is 2.12 bits per heavy atom. The van der Waals surface area contributed by atoms with Crippen LogP contribution in [0.1, 0.15) is 25.0 Å². The van der Waals surface area contributed by atoms with Crippen LogP contribution in [0.5, 0.6) is 0 Å². The summed E-state index contributed by atoms with van der Waals surface area (Å²) in [4.78, 5) is 0. The highest BCUT2D eigenvalue weighted by Gasteiger charge is 2.37. The van der Waals surface area contributed by atoms with Crippen molar-refractivity contribution in [2.24, 2.45) is 0 Å². The zero-order chi connectivity index (χ0) is 21.4. The van der Waals surface area contributed by atoms with E-state index in [4.69, 9.17) is 0 Å². The molecule has 0 aliphatic heterocycles. The Morgan fingerprint density at radius 2 is 1.28 bits per heavy atom. The molecule has 0 saturated heterocycles. The number of hydrogen-bond donors (Lipinski definition) is 0. The number of rotatable bonds is 1. The molecule has 152 valence electrons. The van der Waals surface area contributed by atoms with Crippen LogP contribution in [0.25, 0.3) is 49.4 Å². The van der Waals surface area contributed by atoms with E-state index < -0.39 is 0 Å². The summed E-state index contributed by atoms with van der Waals surface area (Å²) in [6.45, 7) is 4.76. The summed E-state index contributed by atoms with van der Waals surface area (Å²) in [6, 6.07) is 37.8. The lowest BCUT2D eigenvalue weighted by Crippen LogP contribution is -2.15. The third-order valence-electron chi connectivity index (χ3n) is 7.34. The van der Waals surface area contributed by atoms with Gasteiger partial charge in [0.25, 0.3) is 0 Å². The molecule has 6 aromatic rings. The van der Waals surface area contributed by atoms with E-state index in [1.165, 1.54) is 60.5 Å². The number of para-hydroxylation sites is 2. The van der Waals surface area contributed by atoms with Gasteiger partial charge in [0.1, 0.15) is 0 Å². The standard InChI is InChI=1S/C31H23N/c1-31(2)27-19-29-26(18-25(27)24-17-16-20-10-6-7-13-22(20)30(24)31)23-14-8-9-15-28(23)32(29)21-11-4-3-5-12-21/h3-19H,1-2H3. The van der Waals surface area contributed by atoms with E-state index >= 15 is 0 Å². The van der Waals surface area contributed by atoms with E-state index in [0.717, 1.165) is 0 Å². The molecule has 0 atom stereocenters. The highest BCUT2D eigenvalue weighted by Crippen LogP contribution is 2.53. The van der Waals surface area contributed by atoms with Crippen LogP contribution in [0.3, 0.4) is 0 Å². The van der Waals surface area contributed by atoms with Crippen LogP contribution in [0, 0.1) is 0 Å². The summed E-state index contributed by atoms with van der Waals surface area (Å²) in [6.07, 6.45) is 0. The predicted molar refractivity (Wildman–Crippen MR) is 136 cm³/mol. The Balaban J connectivity index is 1.63. The molecular weight excluding hydrogens is 386 g/mol. The molecule has 0 bridgehead atoms. The van der Waals surface area contributed by atoms with Crippen molar-refractivity contribution >= 4 is 32.6 Å². The summed E-state index contributed by atoms with van der Waals surface area (Å²) in [5, 5.41) is 5.31. The zero-order valence-electron chi connectivity index (χ0n) is 18.3. The summed E-state index contributed by atoms with van der Waals surface area (Å²) in [5.41, 5.74) is 9.30. The molecule has 1 aromatic heterocycles. The van der Waals surface area contributed by atoms with E-state index in [1.807, 2.05) is 0 Å². The lowest BCUT2D eigenvalue weighted by Gasteiger charge is -2.23. The van der Waals surface area contributed by atoms with E-state index in [9.17, 15) is 0 Å². The molecule has 0 amide bonds. The summed E-state index contributed by atoms with van der Waals surface area (Å²) in [7, 11) is 0. The summed E-state index contributed by atoms with van der Waals surface area (Å²) < 4.78 is 2.42. The minimum absolute atomic E-state index is 0.0578. The van der Waals surface area contributed by atoms with E-state index in [2.05, 4.69) is 122 Å². The molecule has 0 N–H and O–H groups in total. The second-order valence-electron chi connectivity index (χ2n) is 9.44. The van der Waals surface area contributed by atoms with E-state index in [-0.39, 0.29) is 5.41 Å². The molecule has 0 saturated carbocycles. The van der Waals surface area contributed by atoms with E-state index in [0.29, 0.717) is 0 Å². The highest BCUT2D eigenvalue weighted by molar-refractivity contribution is 6.12. The van der Waals surface area contributed by atoms with Crippen molar-refractivity contribution in [3.05, 3.63) is 114 Å². The van der Waals surface area contributed by atoms with Crippen molar-refractivity contribution in [1.82, 2.24) is 4.57 Å². The summed E-state index contributed by atoms with van der Waals surface area (Å²) in [5.74, 6) is 0. The van der Waals surface area contributed by atoms with Gasteiger partial charge in [-0.1, -0.05) is 86.6 Å². The first-order chi connectivity index (χ1) is 15.6. The van der Waals surface area contributed by atoms with Crippen molar-refractivity contribution in [1.29, 1.82) is 0 Å². The Kier molecular flexibility index (Phi) is 3.40. The predicted octanol–water partition coefficient (Wildman–Crippen LogP) is 8.24. The molecule has 0 unspecified atom stereocenters. The van der Waals surface area contributed by atoms with Crippen molar-refractivity contribution in [3.63, 3.8) is 0 Å². The molecule has 1 aliphatic carbocycles. The number of benzene rings is 5. The molecule has 1 heteroatoms. The Hall–Kier alpha value is -3.84. The maximum Gasteiger partial charge on any atom is 0.0544 e. The lowest BCUT2D eigenvalue weighted by atomic mass is 9.80. The topological polar surface area (TPSA) is 4.93 Å². The second-order valence-corrected chi connectivity index (χ2v) is 9.44. The van der Waals surface area contributed by atoms with Crippen LogP contribution in [-0.2, 0) is 5.41 Å². The summed E-state index contributed by atoms with van der Waals surface area (Å²) >= 11 is 0. The van der Waals surface area contributed by atoms with Gasteiger partial charge in [-0.15, -0.1) is 0 Å².